The van der Waals surface area contributed by atoms with Crippen molar-refractivity contribution in [2.75, 3.05) is 7.11 Å². The van der Waals surface area contributed by atoms with Crippen LogP contribution in [0.5, 0.6) is 11.5 Å². The Kier molecular flexibility index (Phi) is 2.78. The van der Waals surface area contributed by atoms with Gasteiger partial charge in [-0.15, -0.1) is 0 Å². The zero-order valence-corrected chi connectivity index (χ0v) is 10.2. The monoisotopic (exact) mass is 312 g/mol. The molecule has 0 amide bonds. The molecule has 94 valence electrons. The van der Waals surface area contributed by atoms with Crippen molar-refractivity contribution in [1.82, 2.24) is 0 Å². The van der Waals surface area contributed by atoms with Crippen LogP contribution >= 0.6 is 15.9 Å². The molecule has 0 aliphatic carbocycles. The lowest BCUT2D eigenvalue weighted by Crippen LogP contribution is -2.49. The first kappa shape index (κ1) is 12.5. The first-order valence-corrected chi connectivity index (χ1v) is 5.40. The summed E-state index contributed by atoms with van der Waals surface area (Å²) in [6, 6.07) is 2.88. The molecular formula is C10H8BrF3O3. The Morgan fingerprint density at radius 2 is 2.12 bits per heavy atom. The molecule has 0 aromatic heterocycles. The summed E-state index contributed by atoms with van der Waals surface area (Å²) in [5.41, 5.74) is 0.246. The summed E-state index contributed by atoms with van der Waals surface area (Å²) in [5.74, 6) is -2.78. The molecule has 1 unspecified atom stereocenters. The molecule has 1 atom stereocenters. The molecule has 0 fully saturated rings. The first-order valence-electron chi connectivity index (χ1n) is 4.61. The fraction of sp³-hybridized carbons (Fsp3) is 0.400. The number of fused-ring (bicyclic) bond motifs is 1. The van der Waals surface area contributed by atoms with Crippen LogP contribution in [0, 0.1) is 0 Å². The summed E-state index contributed by atoms with van der Waals surface area (Å²) in [4.78, 5) is 0. The van der Waals surface area contributed by atoms with E-state index < -0.39 is 18.4 Å². The van der Waals surface area contributed by atoms with Crippen LogP contribution in [-0.4, -0.2) is 24.2 Å². The highest BCUT2D eigenvalue weighted by Gasteiger charge is 2.60. The van der Waals surface area contributed by atoms with E-state index in [0.29, 0.717) is 10.2 Å². The normalized spacial score (nSPS) is 23.2. The Balaban J connectivity index is 2.43. The molecule has 0 saturated carbocycles. The minimum atomic E-state index is -4.85. The van der Waals surface area contributed by atoms with E-state index in [0.717, 1.165) is 0 Å². The van der Waals surface area contributed by atoms with E-state index in [4.69, 9.17) is 4.74 Å². The molecule has 1 aromatic rings. The maximum atomic E-state index is 12.6. The molecule has 1 heterocycles. The number of alkyl halides is 3. The Morgan fingerprint density at radius 1 is 1.47 bits per heavy atom. The zero-order chi connectivity index (χ0) is 12.8. The summed E-state index contributed by atoms with van der Waals surface area (Å²) in [6.45, 7) is 0. The second-order valence-corrected chi connectivity index (χ2v) is 4.51. The Morgan fingerprint density at radius 3 is 2.65 bits per heavy atom. The van der Waals surface area contributed by atoms with Crippen LogP contribution in [0.15, 0.2) is 16.6 Å². The van der Waals surface area contributed by atoms with Crippen LogP contribution in [0.25, 0.3) is 0 Å². The Bertz CT molecular complexity index is 461. The molecule has 2 rings (SSSR count). The second-order valence-electron chi connectivity index (χ2n) is 3.66. The number of hydrogen-bond donors (Lipinski definition) is 1. The van der Waals surface area contributed by atoms with Crippen molar-refractivity contribution < 1.29 is 27.8 Å². The molecule has 0 spiro atoms. The van der Waals surface area contributed by atoms with Crippen molar-refractivity contribution in [2.24, 2.45) is 0 Å². The maximum absolute atomic E-state index is 12.6. The topological polar surface area (TPSA) is 38.7 Å². The average molecular weight is 313 g/mol. The predicted molar refractivity (Wildman–Crippen MR) is 56.0 cm³/mol. The lowest BCUT2D eigenvalue weighted by molar-refractivity contribution is -0.327. The predicted octanol–water partition coefficient (Wildman–Crippen LogP) is 2.64. The van der Waals surface area contributed by atoms with Crippen LogP contribution in [0.2, 0.25) is 0 Å². The van der Waals surface area contributed by atoms with E-state index >= 15 is 0 Å². The molecule has 7 heteroatoms. The van der Waals surface area contributed by atoms with Gasteiger partial charge >= 0.3 is 12.0 Å². The van der Waals surface area contributed by atoms with Crippen LogP contribution in [0.3, 0.4) is 0 Å². The van der Waals surface area contributed by atoms with Gasteiger partial charge < -0.3 is 14.6 Å². The number of rotatable bonds is 1. The van der Waals surface area contributed by atoms with Crippen molar-refractivity contribution >= 4 is 15.9 Å². The molecule has 1 aliphatic rings. The van der Waals surface area contributed by atoms with Gasteiger partial charge in [-0.1, -0.05) is 0 Å². The number of methoxy groups -OCH3 is 1. The lowest BCUT2D eigenvalue weighted by Gasteiger charge is -2.24. The smallest absolute Gasteiger partial charge is 0.455 e. The molecule has 0 bridgehead atoms. The summed E-state index contributed by atoms with van der Waals surface area (Å²) in [5, 5.41) is 9.43. The maximum Gasteiger partial charge on any atom is 0.455 e. The molecule has 1 aromatic carbocycles. The first-order chi connectivity index (χ1) is 7.77. The van der Waals surface area contributed by atoms with Gasteiger partial charge in [-0.2, -0.15) is 13.2 Å². The molecule has 0 radical (unpaired) electrons. The van der Waals surface area contributed by atoms with Gasteiger partial charge in [0.15, 0.2) is 0 Å². The SMILES string of the molecule is COc1cc(Br)c2c(c1)CC(O)(C(F)(F)F)O2. The Hall–Kier alpha value is -0.950. The van der Waals surface area contributed by atoms with Gasteiger partial charge in [0.25, 0.3) is 0 Å². The number of halogens is 4. The van der Waals surface area contributed by atoms with Crippen molar-refractivity contribution in [3.05, 3.63) is 22.2 Å². The molecule has 3 nitrogen and oxygen atoms in total. The molecule has 17 heavy (non-hydrogen) atoms. The third kappa shape index (κ3) is 1.97. The fourth-order valence-corrected chi connectivity index (χ4v) is 2.17. The van der Waals surface area contributed by atoms with Crippen molar-refractivity contribution in [3.8, 4) is 11.5 Å². The Labute approximate surface area is 103 Å². The quantitative estimate of drug-likeness (QED) is 0.866. The number of ether oxygens (including phenoxy) is 2. The standard InChI is InChI=1S/C10H8BrF3O3/c1-16-6-2-5-4-9(15,10(12,13)14)17-8(5)7(11)3-6/h2-3,15H,4H2,1H3. The zero-order valence-electron chi connectivity index (χ0n) is 8.64. The van der Waals surface area contributed by atoms with Gasteiger partial charge in [0.05, 0.1) is 18.0 Å². The van der Waals surface area contributed by atoms with Gasteiger partial charge in [0, 0.05) is 5.56 Å². The van der Waals surface area contributed by atoms with E-state index in [9.17, 15) is 18.3 Å². The van der Waals surface area contributed by atoms with Crippen molar-refractivity contribution in [2.45, 2.75) is 18.4 Å². The van der Waals surface area contributed by atoms with Crippen molar-refractivity contribution in [1.29, 1.82) is 0 Å². The highest BCUT2D eigenvalue weighted by atomic mass is 79.9. The summed E-state index contributed by atoms with van der Waals surface area (Å²) in [6.07, 6.45) is -5.50. The number of aliphatic hydroxyl groups is 1. The van der Waals surface area contributed by atoms with Crippen LogP contribution in [0.4, 0.5) is 13.2 Å². The van der Waals surface area contributed by atoms with E-state index in [1.54, 1.807) is 0 Å². The third-order valence-corrected chi connectivity index (χ3v) is 3.06. The second kappa shape index (κ2) is 3.78. The lowest BCUT2D eigenvalue weighted by atomic mass is 10.1. The van der Waals surface area contributed by atoms with E-state index in [1.165, 1.54) is 19.2 Å². The summed E-state index contributed by atoms with van der Waals surface area (Å²) >= 11 is 3.07. The molecule has 1 aliphatic heterocycles. The van der Waals surface area contributed by atoms with Gasteiger partial charge in [-0.05, 0) is 28.1 Å². The van der Waals surface area contributed by atoms with Crippen LogP contribution in [-0.2, 0) is 6.42 Å². The van der Waals surface area contributed by atoms with Gasteiger partial charge in [-0.25, -0.2) is 0 Å². The van der Waals surface area contributed by atoms with Crippen LogP contribution in [0.1, 0.15) is 5.56 Å². The van der Waals surface area contributed by atoms with Gasteiger partial charge in [0.1, 0.15) is 11.5 Å². The summed E-state index contributed by atoms with van der Waals surface area (Å²) < 4.78 is 47.7. The molecular weight excluding hydrogens is 305 g/mol. The van der Waals surface area contributed by atoms with E-state index in [1.807, 2.05) is 0 Å². The van der Waals surface area contributed by atoms with Gasteiger partial charge in [0.2, 0.25) is 0 Å². The van der Waals surface area contributed by atoms with Crippen molar-refractivity contribution in [3.63, 3.8) is 0 Å². The van der Waals surface area contributed by atoms with Crippen LogP contribution < -0.4 is 9.47 Å². The highest BCUT2D eigenvalue weighted by molar-refractivity contribution is 9.10. The van der Waals surface area contributed by atoms with E-state index in [-0.39, 0.29) is 11.3 Å². The largest absolute Gasteiger partial charge is 0.497 e. The van der Waals surface area contributed by atoms with E-state index in [2.05, 4.69) is 20.7 Å². The number of benzene rings is 1. The summed E-state index contributed by atoms with van der Waals surface area (Å²) in [7, 11) is 1.40. The van der Waals surface area contributed by atoms with Gasteiger partial charge in [-0.3, -0.25) is 0 Å². The average Bonchev–Trinajstić information content (AvgIpc) is 2.55. The highest BCUT2D eigenvalue weighted by Crippen LogP contribution is 2.47. The number of hydrogen-bond acceptors (Lipinski definition) is 3. The molecule has 1 N–H and O–H groups in total. The molecule has 0 saturated heterocycles. The minimum Gasteiger partial charge on any atom is -0.497 e. The minimum absolute atomic E-state index is 0.00868. The fourth-order valence-electron chi connectivity index (χ4n) is 1.61. The third-order valence-electron chi connectivity index (χ3n) is 2.47.